The summed E-state index contributed by atoms with van der Waals surface area (Å²) in [7, 11) is 0. The molecule has 0 amide bonds. The van der Waals surface area contributed by atoms with Crippen molar-refractivity contribution in [3.05, 3.63) is 34.8 Å². The van der Waals surface area contributed by atoms with Crippen LogP contribution < -0.4 is 0 Å². The van der Waals surface area contributed by atoms with Crippen LogP contribution in [0.15, 0.2) is 24.3 Å². The zero-order valence-corrected chi connectivity index (χ0v) is 8.58. The quantitative estimate of drug-likeness (QED) is 0.817. The highest BCUT2D eigenvalue weighted by molar-refractivity contribution is 7.05. The molecule has 0 unspecified atom stereocenters. The predicted molar refractivity (Wildman–Crippen MR) is 56.0 cm³/mol. The summed E-state index contributed by atoms with van der Waals surface area (Å²) in [5, 5.41) is 9.50. The number of benzene rings is 1. The van der Waals surface area contributed by atoms with Gasteiger partial charge in [0.15, 0.2) is 5.82 Å². The summed E-state index contributed by atoms with van der Waals surface area (Å²) >= 11 is 1.24. The van der Waals surface area contributed by atoms with E-state index in [9.17, 15) is 0 Å². The summed E-state index contributed by atoms with van der Waals surface area (Å²) in [6.07, 6.45) is 0. The molecular formula is C10H10N2OS. The van der Waals surface area contributed by atoms with Crippen LogP contribution in [-0.2, 0) is 6.61 Å². The number of rotatable bonds is 2. The van der Waals surface area contributed by atoms with Crippen molar-refractivity contribution in [2.45, 2.75) is 13.5 Å². The van der Waals surface area contributed by atoms with Crippen molar-refractivity contribution < 1.29 is 5.11 Å². The van der Waals surface area contributed by atoms with Gasteiger partial charge in [0.2, 0.25) is 0 Å². The smallest absolute Gasteiger partial charge is 0.173 e. The minimum atomic E-state index is -0.0382. The lowest BCUT2D eigenvalue weighted by Gasteiger charge is -1.95. The SMILES string of the molecule is Cc1ccc(-c2nsc(CO)n2)cc1. The van der Waals surface area contributed by atoms with Gasteiger partial charge >= 0.3 is 0 Å². The standard InChI is InChI=1S/C10H10N2OS/c1-7-2-4-8(5-3-7)10-11-9(6-13)14-12-10/h2-5,13H,6H2,1H3. The predicted octanol–water partition coefficient (Wildman–Crippen LogP) is 2.01. The van der Waals surface area contributed by atoms with Crippen LogP contribution in [0.5, 0.6) is 0 Å². The van der Waals surface area contributed by atoms with Crippen molar-refractivity contribution in [3.8, 4) is 11.4 Å². The minimum absolute atomic E-state index is 0.0382. The lowest BCUT2D eigenvalue weighted by Crippen LogP contribution is -1.83. The molecule has 3 nitrogen and oxygen atoms in total. The maximum Gasteiger partial charge on any atom is 0.173 e. The number of aliphatic hydroxyl groups is 1. The topological polar surface area (TPSA) is 46.0 Å². The zero-order chi connectivity index (χ0) is 9.97. The normalized spacial score (nSPS) is 10.4. The fourth-order valence-corrected chi connectivity index (χ4v) is 1.66. The van der Waals surface area contributed by atoms with Gasteiger partial charge in [-0.05, 0) is 18.5 Å². The van der Waals surface area contributed by atoms with Crippen LogP contribution in [0, 0.1) is 6.92 Å². The van der Waals surface area contributed by atoms with E-state index in [2.05, 4.69) is 9.36 Å². The second-order valence-electron chi connectivity index (χ2n) is 3.04. The molecule has 72 valence electrons. The number of hydrogen-bond acceptors (Lipinski definition) is 4. The molecule has 0 radical (unpaired) electrons. The molecule has 1 N–H and O–H groups in total. The summed E-state index contributed by atoms with van der Waals surface area (Å²) in [5.74, 6) is 0.694. The fraction of sp³-hybridized carbons (Fsp3) is 0.200. The maximum atomic E-state index is 8.85. The molecule has 0 spiro atoms. The van der Waals surface area contributed by atoms with E-state index in [1.807, 2.05) is 31.2 Å². The van der Waals surface area contributed by atoms with Crippen molar-refractivity contribution in [1.82, 2.24) is 9.36 Å². The minimum Gasteiger partial charge on any atom is -0.389 e. The van der Waals surface area contributed by atoms with Gasteiger partial charge in [-0.3, -0.25) is 0 Å². The van der Waals surface area contributed by atoms with E-state index in [1.165, 1.54) is 17.1 Å². The maximum absolute atomic E-state index is 8.85. The van der Waals surface area contributed by atoms with Gasteiger partial charge in [-0.25, -0.2) is 4.98 Å². The highest BCUT2D eigenvalue weighted by Gasteiger charge is 2.04. The third-order valence-corrected chi connectivity index (χ3v) is 2.61. The van der Waals surface area contributed by atoms with Gasteiger partial charge in [0.1, 0.15) is 5.01 Å². The summed E-state index contributed by atoms with van der Waals surface area (Å²) < 4.78 is 4.16. The van der Waals surface area contributed by atoms with Gasteiger partial charge in [0, 0.05) is 5.56 Å². The number of aromatic nitrogens is 2. The second-order valence-corrected chi connectivity index (χ2v) is 3.87. The van der Waals surface area contributed by atoms with Gasteiger partial charge in [-0.1, -0.05) is 29.8 Å². The Kier molecular flexibility index (Phi) is 2.56. The second kappa shape index (κ2) is 3.86. The summed E-state index contributed by atoms with van der Waals surface area (Å²) in [4.78, 5) is 4.19. The molecule has 1 aromatic heterocycles. The number of aryl methyl sites for hydroxylation is 1. The Labute approximate surface area is 86.2 Å². The first kappa shape index (κ1) is 9.30. The Bertz CT molecular complexity index is 422. The van der Waals surface area contributed by atoms with E-state index in [0.29, 0.717) is 10.8 Å². The molecule has 0 saturated heterocycles. The van der Waals surface area contributed by atoms with Gasteiger partial charge in [0.25, 0.3) is 0 Å². The van der Waals surface area contributed by atoms with Crippen LogP contribution in [0.1, 0.15) is 10.6 Å². The van der Waals surface area contributed by atoms with Crippen LogP contribution in [-0.4, -0.2) is 14.5 Å². The molecule has 2 rings (SSSR count). The van der Waals surface area contributed by atoms with Crippen LogP contribution in [0.4, 0.5) is 0 Å². The van der Waals surface area contributed by atoms with Crippen molar-refractivity contribution in [3.63, 3.8) is 0 Å². The first-order valence-electron chi connectivity index (χ1n) is 4.30. The highest BCUT2D eigenvalue weighted by atomic mass is 32.1. The van der Waals surface area contributed by atoms with Crippen LogP contribution in [0.3, 0.4) is 0 Å². The van der Waals surface area contributed by atoms with Crippen LogP contribution in [0.25, 0.3) is 11.4 Å². The summed E-state index contributed by atoms with van der Waals surface area (Å²) in [5.41, 5.74) is 2.21. The number of aliphatic hydroxyl groups excluding tert-OH is 1. The van der Waals surface area contributed by atoms with E-state index in [0.717, 1.165) is 5.56 Å². The molecule has 0 aliphatic rings. The first-order valence-corrected chi connectivity index (χ1v) is 5.07. The molecule has 0 bridgehead atoms. The average molecular weight is 206 g/mol. The largest absolute Gasteiger partial charge is 0.389 e. The number of nitrogens with zero attached hydrogens (tertiary/aromatic N) is 2. The zero-order valence-electron chi connectivity index (χ0n) is 7.77. The Hall–Kier alpha value is -1.26. The Morgan fingerprint density at radius 1 is 1.29 bits per heavy atom. The van der Waals surface area contributed by atoms with E-state index in [4.69, 9.17) is 5.11 Å². The highest BCUT2D eigenvalue weighted by Crippen LogP contribution is 2.18. The average Bonchev–Trinajstić information content (AvgIpc) is 2.67. The molecule has 1 aromatic carbocycles. The molecule has 1 heterocycles. The third-order valence-electron chi connectivity index (χ3n) is 1.91. The first-order chi connectivity index (χ1) is 6.79. The molecule has 0 aliphatic heterocycles. The van der Waals surface area contributed by atoms with E-state index in [1.54, 1.807) is 0 Å². The van der Waals surface area contributed by atoms with Crippen molar-refractivity contribution in [2.24, 2.45) is 0 Å². The fourth-order valence-electron chi connectivity index (χ4n) is 1.14. The summed E-state index contributed by atoms with van der Waals surface area (Å²) in [6, 6.07) is 8.01. The van der Waals surface area contributed by atoms with Crippen molar-refractivity contribution in [2.75, 3.05) is 0 Å². The van der Waals surface area contributed by atoms with Gasteiger partial charge in [0.05, 0.1) is 6.61 Å². The Morgan fingerprint density at radius 3 is 2.57 bits per heavy atom. The molecule has 0 atom stereocenters. The van der Waals surface area contributed by atoms with Gasteiger partial charge in [-0.15, -0.1) is 0 Å². The molecule has 2 aromatic rings. The Balaban J connectivity index is 2.34. The van der Waals surface area contributed by atoms with Crippen LogP contribution in [0.2, 0.25) is 0 Å². The molecule has 0 aliphatic carbocycles. The van der Waals surface area contributed by atoms with Crippen LogP contribution >= 0.6 is 11.5 Å². The lowest BCUT2D eigenvalue weighted by molar-refractivity contribution is 0.281. The van der Waals surface area contributed by atoms with Crippen molar-refractivity contribution >= 4 is 11.5 Å². The van der Waals surface area contributed by atoms with E-state index in [-0.39, 0.29) is 6.61 Å². The summed E-state index contributed by atoms with van der Waals surface area (Å²) in [6.45, 7) is 2.00. The van der Waals surface area contributed by atoms with Gasteiger partial charge < -0.3 is 5.11 Å². The molecular weight excluding hydrogens is 196 g/mol. The van der Waals surface area contributed by atoms with E-state index >= 15 is 0 Å². The monoisotopic (exact) mass is 206 g/mol. The Morgan fingerprint density at radius 2 is 2.00 bits per heavy atom. The number of hydrogen-bond donors (Lipinski definition) is 1. The molecule has 4 heteroatoms. The molecule has 14 heavy (non-hydrogen) atoms. The van der Waals surface area contributed by atoms with E-state index < -0.39 is 0 Å². The van der Waals surface area contributed by atoms with Gasteiger partial charge in [-0.2, -0.15) is 4.37 Å². The third kappa shape index (κ3) is 1.81. The molecule has 0 fully saturated rings. The van der Waals surface area contributed by atoms with Crippen molar-refractivity contribution in [1.29, 1.82) is 0 Å². The molecule has 0 saturated carbocycles. The lowest BCUT2D eigenvalue weighted by atomic mass is 10.1.